The van der Waals surface area contributed by atoms with E-state index in [1.165, 1.54) is 5.32 Å². The number of rotatable bonds is 5. The van der Waals surface area contributed by atoms with Crippen LogP contribution >= 0.6 is 0 Å². The molecule has 0 unspecified atom stereocenters. The maximum atomic E-state index is 13.6. The van der Waals surface area contributed by atoms with E-state index in [4.69, 9.17) is 5.73 Å². The monoisotopic (exact) mass is 346 g/mol. The van der Waals surface area contributed by atoms with Gasteiger partial charge in [0.1, 0.15) is 11.3 Å². The Morgan fingerprint density at radius 2 is 1.57 bits per heavy atom. The number of amides is 1. The van der Waals surface area contributed by atoms with Crippen molar-refractivity contribution < 1.29 is 35.5 Å². The van der Waals surface area contributed by atoms with Crippen molar-refractivity contribution in [2.24, 2.45) is 5.73 Å². The molecule has 1 atom stereocenters. The van der Waals surface area contributed by atoms with Gasteiger partial charge in [-0.05, 0) is 6.42 Å². The number of anilines is 1. The zero-order chi connectivity index (χ0) is 17.9. The highest BCUT2D eigenvalue weighted by molar-refractivity contribution is 5.94. The first kappa shape index (κ1) is 19.2. The van der Waals surface area contributed by atoms with Crippen LogP contribution in [-0.2, 0) is 11.0 Å². The number of hydrogen-bond donors (Lipinski definition) is 2. The summed E-state index contributed by atoms with van der Waals surface area (Å²) in [5, 5.41) is 1.49. The number of halogens is 7. The van der Waals surface area contributed by atoms with Crippen molar-refractivity contribution in [3.05, 3.63) is 28.8 Å². The van der Waals surface area contributed by atoms with E-state index in [9.17, 15) is 35.5 Å². The van der Waals surface area contributed by atoms with E-state index in [-0.39, 0.29) is 6.42 Å². The lowest BCUT2D eigenvalue weighted by atomic mass is 10.1. The summed E-state index contributed by atoms with van der Waals surface area (Å²) >= 11 is 0. The topological polar surface area (TPSA) is 55.1 Å². The summed E-state index contributed by atoms with van der Waals surface area (Å²) in [6.07, 6.45) is -4.37. The summed E-state index contributed by atoms with van der Waals surface area (Å²) in [7, 11) is 0. The van der Waals surface area contributed by atoms with Gasteiger partial charge in [0.2, 0.25) is 5.91 Å². The molecule has 0 spiro atoms. The minimum atomic E-state index is -5.64. The number of carbonyl (C=O) groups is 1. The number of alkyl halides is 3. The number of nitrogens with one attached hydrogen (secondary N) is 1. The summed E-state index contributed by atoms with van der Waals surface area (Å²) in [6, 6.07) is -1.23. The molecule has 0 heterocycles. The lowest BCUT2D eigenvalue weighted by Crippen LogP contribution is -2.36. The Hall–Kier alpha value is -1.84. The van der Waals surface area contributed by atoms with E-state index in [1.807, 2.05) is 0 Å². The first-order chi connectivity index (χ1) is 10.5. The van der Waals surface area contributed by atoms with Crippen LogP contribution in [0.15, 0.2) is 0 Å². The fraction of sp³-hybridized carbons (Fsp3) is 0.462. The molecular weight excluding hydrogens is 333 g/mol. The van der Waals surface area contributed by atoms with Gasteiger partial charge in [0.05, 0.1) is 6.04 Å². The van der Waals surface area contributed by atoms with Gasteiger partial charge in [-0.1, -0.05) is 19.8 Å². The maximum Gasteiger partial charge on any atom is 0.422 e. The minimum Gasteiger partial charge on any atom is -0.320 e. The number of carbonyl (C=O) groups excluding carboxylic acids is 1. The highest BCUT2D eigenvalue weighted by Crippen LogP contribution is 2.38. The Bertz CT molecular complexity index is 572. The molecule has 1 amide bonds. The predicted molar refractivity (Wildman–Crippen MR) is 67.4 cm³/mol. The van der Waals surface area contributed by atoms with Crippen LogP contribution in [0, 0.1) is 23.3 Å². The number of nitrogens with two attached hydrogens (primary N) is 1. The van der Waals surface area contributed by atoms with Crippen LogP contribution < -0.4 is 11.1 Å². The average Bonchev–Trinajstić information content (AvgIpc) is 2.45. The second kappa shape index (κ2) is 7.16. The molecule has 130 valence electrons. The molecule has 0 aliphatic rings. The zero-order valence-corrected chi connectivity index (χ0v) is 11.8. The van der Waals surface area contributed by atoms with Crippen LogP contribution in [-0.4, -0.2) is 11.9 Å². The molecule has 23 heavy (non-hydrogen) atoms. The summed E-state index contributed by atoms with van der Waals surface area (Å²) < 4.78 is 91.1. The van der Waals surface area contributed by atoms with Crippen molar-refractivity contribution >= 4 is 11.6 Å². The molecule has 3 nitrogen and oxygen atoms in total. The molecule has 1 aromatic rings. The van der Waals surface area contributed by atoms with Gasteiger partial charge in [0.25, 0.3) is 0 Å². The molecule has 1 aromatic carbocycles. The number of benzene rings is 1. The molecular formula is C13H13F7N2O. The van der Waals surface area contributed by atoms with Gasteiger partial charge in [-0.25, -0.2) is 17.6 Å². The van der Waals surface area contributed by atoms with Crippen molar-refractivity contribution in [3.8, 4) is 0 Å². The van der Waals surface area contributed by atoms with Gasteiger partial charge < -0.3 is 11.1 Å². The Balaban J connectivity index is 3.22. The van der Waals surface area contributed by atoms with Gasteiger partial charge in [-0.3, -0.25) is 4.79 Å². The maximum absolute atomic E-state index is 13.6. The van der Waals surface area contributed by atoms with Crippen molar-refractivity contribution in [2.75, 3.05) is 5.32 Å². The second-order valence-corrected chi connectivity index (χ2v) is 4.74. The molecule has 1 rings (SSSR count). The normalized spacial score (nSPS) is 13.1. The first-order valence-electron chi connectivity index (χ1n) is 6.51. The highest BCUT2D eigenvalue weighted by Gasteiger charge is 2.42. The van der Waals surface area contributed by atoms with Crippen LogP contribution in [0.4, 0.5) is 36.4 Å². The zero-order valence-electron chi connectivity index (χ0n) is 11.8. The van der Waals surface area contributed by atoms with Gasteiger partial charge in [-0.15, -0.1) is 0 Å². The van der Waals surface area contributed by atoms with Gasteiger partial charge in [0.15, 0.2) is 23.3 Å². The van der Waals surface area contributed by atoms with E-state index >= 15 is 0 Å². The second-order valence-electron chi connectivity index (χ2n) is 4.74. The molecule has 0 fully saturated rings. The third-order valence-corrected chi connectivity index (χ3v) is 3.00. The summed E-state index contributed by atoms with van der Waals surface area (Å²) in [5.41, 5.74) is 1.05. The first-order valence-corrected chi connectivity index (χ1v) is 6.51. The fourth-order valence-electron chi connectivity index (χ4n) is 1.76. The van der Waals surface area contributed by atoms with Crippen LogP contribution in [0.5, 0.6) is 0 Å². The molecule has 10 heteroatoms. The largest absolute Gasteiger partial charge is 0.422 e. The van der Waals surface area contributed by atoms with Crippen LogP contribution in [0.2, 0.25) is 0 Å². The molecule has 0 saturated heterocycles. The molecule has 0 aliphatic carbocycles. The summed E-state index contributed by atoms with van der Waals surface area (Å²) in [6.45, 7) is 1.78. The standard InChI is InChI=1S/C13H13F7N2O/c1-2-3-4-5(21)12(23)22-11-9(16)7(14)6(13(18,19)20)8(15)10(11)17/h5H,2-4,21H2,1H3,(H,22,23)/t5-/m0/s1. The Morgan fingerprint density at radius 3 is 1.96 bits per heavy atom. The van der Waals surface area contributed by atoms with Crippen LogP contribution in [0.1, 0.15) is 31.7 Å². The van der Waals surface area contributed by atoms with Crippen molar-refractivity contribution in [3.63, 3.8) is 0 Å². The van der Waals surface area contributed by atoms with Gasteiger partial charge >= 0.3 is 6.18 Å². The summed E-state index contributed by atoms with van der Waals surface area (Å²) in [4.78, 5) is 11.6. The molecule has 0 saturated carbocycles. The van der Waals surface area contributed by atoms with Crippen molar-refractivity contribution in [2.45, 2.75) is 38.4 Å². The molecule has 0 bridgehead atoms. The van der Waals surface area contributed by atoms with E-state index in [2.05, 4.69) is 0 Å². The summed E-state index contributed by atoms with van der Waals surface area (Å²) in [5.74, 6) is -11.2. The van der Waals surface area contributed by atoms with Crippen LogP contribution in [0.25, 0.3) is 0 Å². The van der Waals surface area contributed by atoms with E-state index in [1.54, 1.807) is 6.92 Å². The lowest BCUT2D eigenvalue weighted by molar-refractivity contribution is -0.143. The third kappa shape index (κ3) is 4.12. The minimum absolute atomic E-state index is 0.122. The van der Waals surface area contributed by atoms with Crippen molar-refractivity contribution in [1.82, 2.24) is 0 Å². The lowest BCUT2D eigenvalue weighted by Gasteiger charge is -2.16. The van der Waals surface area contributed by atoms with E-state index in [0.29, 0.717) is 12.8 Å². The van der Waals surface area contributed by atoms with Crippen LogP contribution in [0.3, 0.4) is 0 Å². The predicted octanol–water partition coefficient (Wildman–Crippen LogP) is 3.72. The Labute approximate surface area is 126 Å². The third-order valence-electron chi connectivity index (χ3n) is 3.00. The van der Waals surface area contributed by atoms with E-state index in [0.717, 1.165) is 0 Å². The SMILES string of the molecule is CCCC[C@H](N)C(=O)Nc1c(F)c(F)c(C(F)(F)F)c(F)c1F. The smallest absolute Gasteiger partial charge is 0.320 e. The Kier molecular flexibility index (Phi) is 5.98. The quantitative estimate of drug-likeness (QED) is 0.631. The molecule has 0 aliphatic heterocycles. The van der Waals surface area contributed by atoms with Gasteiger partial charge in [0, 0.05) is 0 Å². The molecule has 0 radical (unpaired) electrons. The molecule has 3 N–H and O–H groups in total. The molecule has 0 aromatic heterocycles. The fourth-order valence-corrected chi connectivity index (χ4v) is 1.76. The van der Waals surface area contributed by atoms with Crippen molar-refractivity contribution in [1.29, 1.82) is 0 Å². The van der Waals surface area contributed by atoms with Gasteiger partial charge in [-0.2, -0.15) is 13.2 Å². The number of hydrogen-bond acceptors (Lipinski definition) is 2. The number of unbranched alkanes of at least 4 members (excludes halogenated alkanes) is 1. The Morgan fingerprint density at radius 1 is 1.09 bits per heavy atom. The highest BCUT2D eigenvalue weighted by atomic mass is 19.4. The average molecular weight is 346 g/mol. The van der Waals surface area contributed by atoms with E-state index < -0.39 is 52.6 Å².